The number of hydrogen-bond donors (Lipinski definition) is 2. The maximum Gasteiger partial charge on any atom is 0.254 e. The molecule has 0 radical (unpaired) electrons. The van der Waals surface area contributed by atoms with Crippen LogP contribution < -0.4 is 15.8 Å². The molecule has 0 bridgehead atoms. The Kier molecular flexibility index (Phi) is 4.19. The van der Waals surface area contributed by atoms with Gasteiger partial charge in [0.2, 0.25) is 5.91 Å². The van der Waals surface area contributed by atoms with Gasteiger partial charge in [-0.3, -0.25) is 9.59 Å². The van der Waals surface area contributed by atoms with E-state index in [4.69, 9.17) is 10.5 Å². The van der Waals surface area contributed by atoms with Crippen molar-refractivity contribution < 1.29 is 18.7 Å². The lowest BCUT2D eigenvalue weighted by atomic mass is 10.1. The Morgan fingerprint density at radius 1 is 1.50 bits per heavy atom. The molecular formula is C13H16FN3O3. The van der Waals surface area contributed by atoms with E-state index >= 15 is 0 Å². The van der Waals surface area contributed by atoms with Crippen LogP contribution in [-0.4, -0.2) is 49.5 Å². The van der Waals surface area contributed by atoms with Gasteiger partial charge in [0.1, 0.15) is 6.04 Å². The molecule has 1 atom stereocenters. The number of nitrogens with one attached hydrogen (secondary N) is 1. The van der Waals surface area contributed by atoms with Gasteiger partial charge in [0.25, 0.3) is 5.91 Å². The van der Waals surface area contributed by atoms with E-state index in [1.54, 1.807) is 0 Å². The fourth-order valence-corrected chi connectivity index (χ4v) is 2.17. The van der Waals surface area contributed by atoms with Crippen LogP contribution in [0.15, 0.2) is 18.2 Å². The molecule has 0 saturated carbocycles. The molecule has 1 aromatic rings. The average Bonchev–Trinajstić information content (AvgIpc) is 2.46. The molecule has 2 rings (SSSR count). The number of benzene rings is 1. The number of carbonyl (C=O) groups excluding carboxylic acids is 2. The fraction of sp³-hybridized carbons (Fsp3) is 0.385. The fourth-order valence-electron chi connectivity index (χ4n) is 2.17. The zero-order chi connectivity index (χ0) is 14.7. The maximum atomic E-state index is 13.6. The molecule has 1 aromatic carbocycles. The molecule has 1 unspecified atom stereocenters. The van der Waals surface area contributed by atoms with Gasteiger partial charge in [-0.05, 0) is 18.2 Å². The summed E-state index contributed by atoms with van der Waals surface area (Å²) in [5.74, 6) is -1.56. The second-order valence-corrected chi connectivity index (χ2v) is 4.47. The summed E-state index contributed by atoms with van der Waals surface area (Å²) in [7, 11) is 1.35. The predicted molar refractivity (Wildman–Crippen MR) is 69.8 cm³/mol. The summed E-state index contributed by atoms with van der Waals surface area (Å²) < 4.78 is 18.4. The third-order valence-electron chi connectivity index (χ3n) is 3.23. The molecule has 108 valence electrons. The number of rotatable bonds is 3. The minimum absolute atomic E-state index is 0.0633. The Hall–Kier alpha value is -2.15. The van der Waals surface area contributed by atoms with Gasteiger partial charge in [-0.1, -0.05) is 0 Å². The molecule has 3 N–H and O–H groups in total. The number of primary amides is 1. The van der Waals surface area contributed by atoms with Crippen LogP contribution in [0.5, 0.6) is 5.75 Å². The van der Waals surface area contributed by atoms with Crippen LogP contribution in [0.1, 0.15) is 10.4 Å². The topological polar surface area (TPSA) is 84.7 Å². The number of hydrogen-bond acceptors (Lipinski definition) is 4. The summed E-state index contributed by atoms with van der Waals surface area (Å²) in [6, 6.07) is 3.22. The molecule has 0 aromatic heterocycles. The number of carbonyl (C=O) groups is 2. The third-order valence-corrected chi connectivity index (χ3v) is 3.23. The van der Waals surface area contributed by atoms with Crippen LogP contribution in [0.4, 0.5) is 4.39 Å². The van der Waals surface area contributed by atoms with Gasteiger partial charge in [0.05, 0.1) is 7.11 Å². The van der Waals surface area contributed by atoms with Gasteiger partial charge in [-0.2, -0.15) is 0 Å². The van der Waals surface area contributed by atoms with Crippen LogP contribution >= 0.6 is 0 Å². The van der Waals surface area contributed by atoms with Crippen molar-refractivity contribution in [2.24, 2.45) is 5.73 Å². The summed E-state index contributed by atoms with van der Waals surface area (Å²) >= 11 is 0. The highest BCUT2D eigenvalue weighted by molar-refractivity contribution is 5.97. The largest absolute Gasteiger partial charge is 0.494 e. The van der Waals surface area contributed by atoms with E-state index < -0.39 is 23.7 Å². The summed E-state index contributed by atoms with van der Waals surface area (Å²) in [6.45, 7) is 1.22. The monoisotopic (exact) mass is 281 g/mol. The van der Waals surface area contributed by atoms with Crippen molar-refractivity contribution >= 4 is 11.8 Å². The quantitative estimate of drug-likeness (QED) is 0.799. The minimum Gasteiger partial charge on any atom is -0.494 e. The summed E-state index contributed by atoms with van der Waals surface area (Å²) in [6.07, 6.45) is 0. The first kappa shape index (κ1) is 14.3. The van der Waals surface area contributed by atoms with Crippen LogP contribution in [0.3, 0.4) is 0 Å². The van der Waals surface area contributed by atoms with Crippen LogP contribution in [-0.2, 0) is 4.79 Å². The number of halogens is 1. The Morgan fingerprint density at radius 2 is 2.25 bits per heavy atom. The highest BCUT2D eigenvalue weighted by Gasteiger charge is 2.31. The lowest BCUT2D eigenvalue weighted by molar-refractivity contribution is -0.122. The molecule has 1 saturated heterocycles. The smallest absolute Gasteiger partial charge is 0.254 e. The van der Waals surface area contributed by atoms with Gasteiger partial charge in [-0.25, -0.2) is 4.39 Å². The first-order valence-corrected chi connectivity index (χ1v) is 6.19. The van der Waals surface area contributed by atoms with E-state index in [2.05, 4.69) is 5.32 Å². The van der Waals surface area contributed by atoms with Crippen LogP contribution in [0.25, 0.3) is 0 Å². The first-order valence-electron chi connectivity index (χ1n) is 6.19. The van der Waals surface area contributed by atoms with Crippen molar-refractivity contribution in [3.8, 4) is 5.75 Å². The average molecular weight is 281 g/mol. The molecule has 20 heavy (non-hydrogen) atoms. The van der Waals surface area contributed by atoms with E-state index in [0.717, 1.165) is 6.07 Å². The number of ether oxygens (including phenoxy) is 1. The standard InChI is InChI=1S/C13H16FN3O3/c1-20-11-3-2-8(6-9(11)14)13(19)17-5-4-16-7-10(17)12(15)18/h2-3,6,10,16H,4-5,7H2,1H3,(H2,15,18). The Morgan fingerprint density at radius 3 is 2.85 bits per heavy atom. The number of piperazine rings is 1. The van der Waals surface area contributed by atoms with E-state index in [-0.39, 0.29) is 11.3 Å². The van der Waals surface area contributed by atoms with Crippen molar-refractivity contribution in [3.05, 3.63) is 29.6 Å². The lowest BCUT2D eigenvalue weighted by Crippen LogP contribution is -2.58. The molecule has 1 aliphatic heterocycles. The second-order valence-electron chi connectivity index (χ2n) is 4.47. The Bertz CT molecular complexity index is 536. The molecule has 7 heteroatoms. The zero-order valence-electron chi connectivity index (χ0n) is 11.1. The van der Waals surface area contributed by atoms with Gasteiger partial charge in [-0.15, -0.1) is 0 Å². The summed E-state index contributed by atoms with van der Waals surface area (Å²) in [5, 5.41) is 2.99. The molecule has 6 nitrogen and oxygen atoms in total. The van der Waals surface area contributed by atoms with Crippen molar-refractivity contribution in [3.63, 3.8) is 0 Å². The number of amides is 2. The number of nitrogens with two attached hydrogens (primary N) is 1. The third kappa shape index (κ3) is 2.72. The van der Waals surface area contributed by atoms with Gasteiger partial charge >= 0.3 is 0 Å². The summed E-state index contributed by atoms with van der Waals surface area (Å²) in [4.78, 5) is 25.1. The highest BCUT2D eigenvalue weighted by Crippen LogP contribution is 2.19. The molecule has 1 heterocycles. The normalized spacial score (nSPS) is 18.7. The summed E-state index contributed by atoms with van der Waals surface area (Å²) in [5.41, 5.74) is 5.45. The number of nitrogens with zero attached hydrogens (tertiary/aromatic N) is 1. The van der Waals surface area contributed by atoms with Gasteiger partial charge in [0, 0.05) is 25.2 Å². The van der Waals surface area contributed by atoms with Gasteiger partial charge in [0.15, 0.2) is 11.6 Å². The van der Waals surface area contributed by atoms with Crippen molar-refractivity contribution in [1.29, 1.82) is 0 Å². The second kappa shape index (κ2) is 5.87. The van der Waals surface area contributed by atoms with Crippen molar-refractivity contribution in [2.45, 2.75) is 6.04 Å². The lowest BCUT2D eigenvalue weighted by Gasteiger charge is -2.34. The van der Waals surface area contributed by atoms with E-state index in [1.165, 1.54) is 24.1 Å². The first-order chi connectivity index (χ1) is 9.54. The van der Waals surface area contributed by atoms with Gasteiger partial charge < -0.3 is 20.7 Å². The zero-order valence-corrected chi connectivity index (χ0v) is 11.1. The van der Waals surface area contributed by atoms with E-state index in [9.17, 15) is 14.0 Å². The van der Waals surface area contributed by atoms with E-state index in [1.807, 2.05) is 0 Å². The molecule has 1 fully saturated rings. The molecule has 0 aliphatic carbocycles. The minimum atomic E-state index is -0.721. The Labute approximate surface area is 115 Å². The van der Waals surface area contributed by atoms with Crippen LogP contribution in [0.2, 0.25) is 0 Å². The van der Waals surface area contributed by atoms with Crippen LogP contribution in [0, 0.1) is 5.82 Å². The molecule has 0 spiro atoms. The van der Waals surface area contributed by atoms with Crippen molar-refractivity contribution in [1.82, 2.24) is 10.2 Å². The SMILES string of the molecule is COc1ccc(C(=O)N2CCNCC2C(N)=O)cc1F. The number of methoxy groups -OCH3 is 1. The molecular weight excluding hydrogens is 265 g/mol. The molecule has 2 amide bonds. The molecule has 1 aliphatic rings. The predicted octanol–water partition coefficient (Wildman–Crippen LogP) is -0.266. The van der Waals surface area contributed by atoms with E-state index in [0.29, 0.717) is 19.6 Å². The highest BCUT2D eigenvalue weighted by atomic mass is 19.1. The maximum absolute atomic E-state index is 13.6. The van der Waals surface area contributed by atoms with Crippen molar-refractivity contribution in [2.75, 3.05) is 26.7 Å². The Balaban J connectivity index is 2.25.